The molecule has 0 spiro atoms. The van der Waals surface area contributed by atoms with Gasteiger partial charge in [0.1, 0.15) is 0 Å². The van der Waals surface area contributed by atoms with Gasteiger partial charge in [-0.25, -0.2) is 30.4 Å². The van der Waals surface area contributed by atoms with E-state index in [1.165, 1.54) is 0 Å². The summed E-state index contributed by atoms with van der Waals surface area (Å²) < 4.78 is 2.03. The maximum Gasteiger partial charge on any atom is 0.243 e. The monoisotopic (exact) mass is 469 g/mol. The normalized spacial score (nSPS) is 14.6. The molecule has 0 radical (unpaired) electrons. The lowest BCUT2D eigenvalue weighted by molar-refractivity contribution is -0.129. The van der Waals surface area contributed by atoms with Crippen molar-refractivity contribution in [1.82, 2.24) is 35.0 Å². The Morgan fingerprint density at radius 3 is 2.53 bits per heavy atom. The highest BCUT2D eigenvalue weighted by atomic mass is 16.5. The molecule has 1 amide bonds. The number of hydrogen-bond donors (Lipinski definition) is 4. The number of fused-ring (bicyclic) bond motifs is 1. The van der Waals surface area contributed by atoms with Crippen LogP contribution in [0.25, 0.3) is 22.6 Å². The quantitative estimate of drug-likeness (QED) is 0.194. The molecule has 182 valence electrons. The van der Waals surface area contributed by atoms with E-state index in [4.69, 9.17) is 20.9 Å². The minimum Gasteiger partial charge on any atom is -0.396 e. The zero-order valence-electron chi connectivity index (χ0n) is 19.1. The highest BCUT2D eigenvalue weighted by Crippen LogP contribution is 2.30. The zero-order valence-corrected chi connectivity index (χ0v) is 19.1. The minimum absolute atomic E-state index is 0.192. The molecule has 0 bridgehead atoms. The van der Waals surface area contributed by atoms with Crippen LogP contribution >= 0.6 is 0 Å². The van der Waals surface area contributed by atoms with Crippen molar-refractivity contribution in [1.29, 1.82) is 0 Å². The van der Waals surface area contributed by atoms with Crippen molar-refractivity contribution in [2.24, 2.45) is 5.92 Å². The number of aryl methyl sites for hydroxylation is 1. The summed E-state index contributed by atoms with van der Waals surface area (Å²) in [6.45, 7) is 2.54. The summed E-state index contributed by atoms with van der Waals surface area (Å²) in [6.07, 6.45) is 10.6. The van der Waals surface area contributed by atoms with Gasteiger partial charge in [0.25, 0.3) is 0 Å². The van der Waals surface area contributed by atoms with E-state index in [0.717, 1.165) is 75.1 Å². The number of carbonyl (C=O) groups is 1. The summed E-state index contributed by atoms with van der Waals surface area (Å²) in [5.41, 5.74) is 9.49. The maximum absolute atomic E-state index is 11.1. The molecule has 12 heteroatoms. The SMILES string of the molecule is Nc1ncc(-c2nc(N3CCC(CO)CC3)c3ncn(CCCCCCC(=O)NO)c3n2)cn1. The number of aromatic nitrogens is 6. The maximum atomic E-state index is 11.1. The van der Waals surface area contributed by atoms with E-state index >= 15 is 0 Å². The minimum atomic E-state index is -0.355. The Hall–Kier alpha value is -3.38. The molecule has 12 nitrogen and oxygen atoms in total. The second-order valence-electron chi connectivity index (χ2n) is 8.62. The van der Waals surface area contributed by atoms with Gasteiger partial charge in [0, 0.05) is 45.1 Å². The molecule has 0 aromatic carbocycles. The molecule has 3 aromatic rings. The van der Waals surface area contributed by atoms with Gasteiger partial charge in [0.05, 0.1) is 11.9 Å². The lowest BCUT2D eigenvalue weighted by atomic mass is 9.98. The molecule has 0 saturated carbocycles. The van der Waals surface area contributed by atoms with Crippen LogP contribution < -0.4 is 16.1 Å². The zero-order chi connectivity index (χ0) is 23.9. The van der Waals surface area contributed by atoms with Gasteiger partial charge in [-0.1, -0.05) is 12.8 Å². The third-order valence-electron chi connectivity index (χ3n) is 6.23. The van der Waals surface area contributed by atoms with Gasteiger partial charge in [-0.05, 0) is 31.6 Å². The van der Waals surface area contributed by atoms with Crippen molar-refractivity contribution in [2.75, 3.05) is 30.3 Å². The Morgan fingerprint density at radius 2 is 1.82 bits per heavy atom. The highest BCUT2D eigenvalue weighted by molar-refractivity contribution is 5.85. The van der Waals surface area contributed by atoms with Gasteiger partial charge >= 0.3 is 0 Å². The molecular weight excluding hydrogens is 438 g/mol. The molecule has 1 aliphatic rings. The summed E-state index contributed by atoms with van der Waals surface area (Å²) in [7, 11) is 0. The smallest absolute Gasteiger partial charge is 0.243 e. The van der Waals surface area contributed by atoms with Gasteiger partial charge in [0.15, 0.2) is 22.8 Å². The van der Waals surface area contributed by atoms with E-state index in [-0.39, 0.29) is 18.5 Å². The first kappa shape index (κ1) is 23.8. The number of aliphatic hydroxyl groups is 1. The van der Waals surface area contributed by atoms with Crippen molar-refractivity contribution in [3.05, 3.63) is 18.7 Å². The molecule has 0 atom stereocenters. The number of unbranched alkanes of at least 4 members (excludes halogenated alkanes) is 3. The van der Waals surface area contributed by atoms with E-state index in [9.17, 15) is 9.90 Å². The fraction of sp³-hybridized carbons (Fsp3) is 0.545. The van der Waals surface area contributed by atoms with Gasteiger partial charge in [-0.15, -0.1) is 0 Å². The Labute approximate surface area is 197 Å². The molecule has 5 N–H and O–H groups in total. The van der Waals surface area contributed by atoms with Crippen LogP contribution in [-0.4, -0.2) is 65.4 Å². The number of nitrogens with two attached hydrogens (primary N) is 1. The molecule has 4 rings (SSSR count). The lowest BCUT2D eigenvalue weighted by Gasteiger charge is -2.32. The number of piperidine rings is 1. The number of hydroxylamine groups is 1. The number of nitrogens with one attached hydrogen (secondary N) is 1. The number of amides is 1. The lowest BCUT2D eigenvalue weighted by Crippen LogP contribution is -2.35. The predicted molar refractivity (Wildman–Crippen MR) is 126 cm³/mol. The number of hydrogen-bond acceptors (Lipinski definition) is 10. The molecule has 0 unspecified atom stereocenters. The summed E-state index contributed by atoms with van der Waals surface area (Å²) in [5.74, 6) is 1.45. The van der Waals surface area contributed by atoms with Crippen molar-refractivity contribution in [3.63, 3.8) is 0 Å². The third-order valence-corrected chi connectivity index (χ3v) is 6.23. The highest BCUT2D eigenvalue weighted by Gasteiger charge is 2.24. The first-order valence-corrected chi connectivity index (χ1v) is 11.7. The van der Waals surface area contributed by atoms with Crippen LogP contribution in [0, 0.1) is 5.92 Å². The molecule has 3 aromatic heterocycles. The molecular formula is C22H31N9O3. The molecule has 1 fully saturated rings. The van der Waals surface area contributed by atoms with Crippen LogP contribution in [0.3, 0.4) is 0 Å². The number of nitrogens with zero attached hydrogens (tertiary/aromatic N) is 7. The number of aliphatic hydroxyl groups excluding tert-OH is 1. The first-order valence-electron chi connectivity index (χ1n) is 11.7. The summed E-state index contributed by atoms with van der Waals surface area (Å²) in [4.78, 5) is 35.8. The van der Waals surface area contributed by atoms with Gasteiger partial charge in [-0.2, -0.15) is 0 Å². The van der Waals surface area contributed by atoms with E-state index in [0.29, 0.717) is 23.7 Å². The fourth-order valence-corrected chi connectivity index (χ4v) is 4.20. The Bertz CT molecular complexity index is 1090. The predicted octanol–water partition coefficient (Wildman–Crippen LogP) is 1.53. The van der Waals surface area contributed by atoms with Gasteiger partial charge in [-0.3, -0.25) is 10.0 Å². The fourth-order valence-electron chi connectivity index (χ4n) is 4.20. The standard InChI is InChI=1S/C22H31N9O3/c23-22-24-11-16(12-25-22)19-27-20(30-9-6-15(13-32)7-10-30)18-21(28-19)31(14-26-18)8-4-2-1-3-5-17(33)29-34/h11-12,14-15,32,34H,1-10,13H2,(H,29,33)(H2,23,24,25). The van der Waals surface area contributed by atoms with Crippen molar-refractivity contribution < 1.29 is 15.1 Å². The van der Waals surface area contributed by atoms with Crippen LogP contribution in [0.5, 0.6) is 0 Å². The van der Waals surface area contributed by atoms with E-state index in [2.05, 4.69) is 19.9 Å². The number of carbonyl (C=O) groups excluding carboxylic acids is 1. The van der Waals surface area contributed by atoms with Crippen molar-refractivity contribution in [2.45, 2.75) is 51.5 Å². The average Bonchev–Trinajstić information content (AvgIpc) is 3.28. The van der Waals surface area contributed by atoms with Crippen molar-refractivity contribution in [3.8, 4) is 11.4 Å². The van der Waals surface area contributed by atoms with Crippen LogP contribution in [0.15, 0.2) is 18.7 Å². The molecule has 1 aliphatic heterocycles. The third kappa shape index (κ3) is 5.57. The molecule has 34 heavy (non-hydrogen) atoms. The molecule has 0 aliphatic carbocycles. The summed E-state index contributed by atoms with van der Waals surface area (Å²) in [5, 5.41) is 18.1. The molecule has 1 saturated heterocycles. The number of anilines is 2. The van der Waals surface area contributed by atoms with E-state index in [1.807, 2.05) is 4.57 Å². The second-order valence-corrected chi connectivity index (χ2v) is 8.62. The van der Waals surface area contributed by atoms with Crippen molar-refractivity contribution >= 4 is 28.8 Å². The van der Waals surface area contributed by atoms with Gasteiger partial charge < -0.3 is 20.3 Å². The van der Waals surface area contributed by atoms with Crippen LogP contribution in [0.4, 0.5) is 11.8 Å². The van der Waals surface area contributed by atoms with Gasteiger partial charge in [0.2, 0.25) is 11.9 Å². The Kier molecular flexibility index (Phi) is 7.80. The van der Waals surface area contributed by atoms with Crippen LogP contribution in [-0.2, 0) is 11.3 Å². The summed E-state index contributed by atoms with van der Waals surface area (Å²) >= 11 is 0. The number of rotatable bonds is 10. The average molecular weight is 470 g/mol. The Balaban J connectivity index is 1.55. The summed E-state index contributed by atoms with van der Waals surface area (Å²) in [6, 6.07) is 0. The van der Waals surface area contributed by atoms with Crippen LogP contribution in [0.2, 0.25) is 0 Å². The Morgan fingerprint density at radius 1 is 1.09 bits per heavy atom. The number of nitrogen functional groups attached to an aromatic ring is 1. The number of imidazole rings is 1. The second kappa shape index (κ2) is 11.2. The largest absolute Gasteiger partial charge is 0.396 e. The molecule has 4 heterocycles. The first-order chi connectivity index (χ1) is 16.6. The topological polar surface area (TPSA) is 168 Å². The van der Waals surface area contributed by atoms with Crippen LogP contribution in [0.1, 0.15) is 44.9 Å². The van der Waals surface area contributed by atoms with E-state index < -0.39 is 0 Å². The van der Waals surface area contributed by atoms with E-state index in [1.54, 1.807) is 24.2 Å².